The first-order valence-corrected chi connectivity index (χ1v) is 5.91. The number of para-hydroxylation sites is 1. The molecule has 1 N–H and O–H groups in total. The molecule has 3 aromatic rings. The molecule has 3 rings (SSSR count). The predicted octanol–water partition coefficient (Wildman–Crippen LogP) is 2.00. The molecule has 21 heavy (non-hydrogen) atoms. The molecule has 0 bridgehead atoms. The van der Waals surface area contributed by atoms with Crippen molar-refractivity contribution in [1.29, 1.82) is 0 Å². The van der Waals surface area contributed by atoms with E-state index in [-0.39, 0.29) is 22.8 Å². The summed E-state index contributed by atoms with van der Waals surface area (Å²) in [5.74, 6) is -1.05. The van der Waals surface area contributed by atoms with Crippen molar-refractivity contribution < 1.29 is 14.8 Å². The largest absolute Gasteiger partial charge is 0.477 e. The van der Waals surface area contributed by atoms with Gasteiger partial charge in [-0.15, -0.1) is 5.10 Å². The van der Waals surface area contributed by atoms with Gasteiger partial charge in [0.15, 0.2) is 17.2 Å². The number of aromatic nitrogens is 3. The van der Waals surface area contributed by atoms with Crippen LogP contribution in [-0.2, 0) is 0 Å². The molecular weight excluding hydrogens is 276 g/mol. The van der Waals surface area contributed by atoms with Gasteiger partial charge in [0.2, 0.25) is 0 Å². The molecule has 1 aromatic carbocycles. The van der Waals surface area contributed by atoms with E-state index in [0.29, 0.717) is 5.65 Å². The van der Waals surface area contributed by atoms with Gasteiger partial charge in [-0.1, -0.05) is 18.2 Å². The van der Waals surface area contributed by atoms with Gasteiger partial charge in [0, 0.05) is 6.07 Å². The molecule has 8 nitrogen and oxygen atoms in total. The van der Waals surface area contributed by atoms with Gasteiger partial charge >= 0.3 is 5.97 Å². The van der Waals surface area contributed by atoms with E-state index >= 15 is 0 Å². The van der Waals surface area contributed by atoms with Gasteiger partial charge in [-0.2, -0.15) is 0 Å². The Morgan fingerprint density at radius 3 is 2.67 bits per heavy atom. The Kier molecular flexibility index (Phi) is 2.83. The minimum absolute atomic E-state index is 0.0650. The molecule has 2 heterocycles. The Morgan fingerprint density at radius 2 is 1.95 bits per heavy atom. The number of benzene rings is 1. The fourth-order valence-electron chi connectivity index (χ4n) is 2.00. The lowest BCUT2D eigenvalue weighted by atomic mass is 10.2. The molecule has 104 valence electrons. The Morgan fingerprint density at radius 1 is 1.19 bits per heavy atom. The molecule has 0 atom stereocenters. The van der Waals surface area contributed by atoms with Crippen LogP contribution in [0.3, 0.4) is 0 Å². The third kappa shape index (κ3) is 2.08. The number of hydrogen-bond acceptors (Lipinski definition) is 5. The molecular formula is C13H8N4O4. The number of nitrogens with zero attached hydrogens (tertiary/aromatic N) is 4. The van der Waals surface area contributed by atoms with Crippen LogP contribution in [-0.4, -0.2) is 30.6 Å². The minimum Gasteiger partial charge on any atom is -0.477 e. The molecule has 0 fully saturated rings. The van der Waals surface area contributed by atoms with Crippen LogP contribution in [0.4, 0.5) is 5.69 Å². The van der Waals surface area contributed by atoms with E-state index in [1.165, 1.54) is 24.3 Å². The SMILES string of the molecule is O=C(O)c1cccc2nc(-c3ccccc3[N+](=O)[O-])nn12. The lowest BCUT2D eigenvalue weighted by Crippen LogP contribution is -2.05. The fourth-order valence-corrected chi connectivity index (χ4v) is 2.00. The molecule has 0 saturated heterocycles. The molecule has 0 amide bonds. The van der Waals surface area contributed by atoms with Gasteiger partial charge in [0.25, 0.3) is 5.69 Å². The third-order valence-electron chi connectivity index (χ3n) is 2.92. The van der Waals surface area contributed by atoms with Crippen molar-refractivity contribution >= 4 is 17.3 Å². The Hall–Kier alpha value is -3.29. The number of carboxylic acids is 1. The predicted molar refractivity (Wildman–Crippen MR) is 72.0 cm³/mol. The van der Waals surface area contributed by atoms with Gasteiger partial charge in [-0.25, -0.2) is 14.3 Å². The molecule has 2 aromatic heterocycles. The maximum atomic E-state index is 11.1. The van der Waals surface area contributed by atoms with Gasteiger partial charge in [-0.05, 0) is 18.2 Å². The van der Waals surface area contributed by atoms with Gasteiger partial charge in [-0.3, -0.25) is 10.1 Å². The van der Waals surface area contributed by atoms with Crippen LogP contribution in [0.5, 0.6) is 0 Å². The summed E-state index contributed by atoms with van der Waals surface area (Å²) < 4.78 is 1.15. The lowest BCUT2D eigenvalue weighted by molar-refractivity contribution is -0.384. The van der Waals surface area contributed by atoms with Crippen LogP contribution in [0, 0.1) is 10.1 Å². The molecule has 0 saturated carbocycles. The maximum absolute atomic E-state index is 11.1. The van der Waals surface area contributed by atoms with Crippen molar-refractivity contribution in [2.45, 2.75) is 0 Å². The molecule has 8 heteroatoms. The van der Waals surface area contributed by atoms with E-state index < -0.39 is 10.9 Å². The van der Waals surface area contributed by atoms with Crippen LogP contribution < -0.4 is 0 Å². The number of rotatable bonds is 3. The van der Waals surface area contributed by atoms with Crippen molar-refractivity contribution in [2.24, 2.45) is 0 Å². The van der Waals surface area contributed by atoms with Crippen molar-refractivity contribution in [3.05, 3.63) is 58.3 Å². The van der Waals surface area contributed by atoms with Gasteiger partial charge in [0.05, 0.1) is 10.5 Å². The highest BCUT2D eigenvalue weighted by molar-refractivity contribution is 5.86. The number of pyridine rings is 1. The molecule has 0 aliphatic heterocycles. The van der Waals surface area contributed by atoms with E-state index in [1.807, 2.05) is 0 Å². The number of carboxylic acid groups (broad SMARTS) is 1. The fraction of sp³-hybridized carbons (Fsp3) is 0. The maximum Gasteiger partial charge on any atom is 0.354 e. The summed E-state index contributed by atoms with van der Waals surface area (Å²) in [5, 5.41) is 24.2. The average molecular weight is 284 g/mol. The molecule has 0 aliphatic carbocycles. The highest BCUT2D eigenvalue weighted by Gasteiger charge is 2.19. The molecule has 0 unspecified atom stereocenters. The Balaban J connectivity index is 2.26. The number of carbonyl (C=O) groups is 1. The van der Waals surface area contributed by atoms with Crippen molar-refractivity contribution in [2.75, 3.05) is 0 Å². The quantitative estimate of drug-likeness (QED) is 0.581. The zero-order valence-corrected chi connectivity index (χ0v) is 10.5. The Labute approximate surface area is 117 Å². The number of fused-ring (bicyclic) bond motifs is 1. The first-order chi connectivity index (χ1) is 10.1. The van der Waals surface area contributed by atoms with Crippen molar-refractivity contribution in [1.82, 2.24) is 14.6 Å². The van der Waals surface area contributed by atoms with E-state index in [9.17, 15) is 14.9 Å². The summed E-state index contributed by atoms with van der Waals surface area (Å²) in [6, 6.07) is 10.5. The Bertz CT molecular complexity index is 871. The highest BCUT2D eigenvalue weighted by atomic mass is 16.6. The monoisotopic (exact) mass is 284 g/mol. The van der Waals surface area contributed by atoms with Crippen molar-refractivity contribution in [3.63, 3.8) is 0 Å². The molecule has 0 spiro atoms. The second-order valence-corrected chi connectivity index (χ2v) is 4.20. The van der Waals surface area contributed by atoms with E-state index in [2.05, 4.69) is 10.1 Å². The number of nitro groups is 1. The second kappa shape index (κ2) is 4.67. The van der Waals surface area contributed by atoms with Crippen LogP contribution in [0.15, 0.2) is 42.5 Å². The smallest absolute Gasteiger partial charge is 0.354 e. The summed E-state index contributed by atoms with van der Waals surface area (Å²) in [7, 11) is 0. The summed E-state index contributed by atoms with van der Waals surface area (Å²) >= 11 is 0. The number of nitro benzene ring substituents is 1. The highest BCUT2D eigenvalue weighted by Crippen LogP contribution is 2.27. The summed E-state index contributed by atoms with van der Waals surface area (Å²) in [4.78, 5) is 25.8. The summed E-state index contributed by atoms with van der Waals surface area (Å²) in [6.07, 6.45) is 0. The zero-order valence-electron chi connectivity index (χ0n) is 10.5. The normalized spacial score (nSPS) is 10.7. The lowest BCUT2D eigenvalue weighted by Gasteiger charge is -1.97. The second-order valence-electron chi connectivity index (χ2n) is 4.20. The molecule has 0 radical (unpaired) electrons. The number of aromatic carboxylic acids is 1. The van der Waals surface area contributed by atoms with Gasteiger partial charge in [0.1, 0.15) is 0 Å². The first-order valence-electron chi connectivity index (χ1n) is 5.91. The molecule has 0 aliphatic rings. The standard InChI is InChI=1S/C13H8N4O4/c18-13(19)10-6-3-7-11-14-12(15-16(10)11)8-4-1-2-5-9(8)17(20)21/h1-7H,(H,18,19). The minimum atomic E-state index is -1.15. The first kappa shape index (κ1) is 12.7. The van der Waals surface area contributed by atoms with E-state index in [1.54, 1.807) is 18.2 Å². The third-order valence-corrected chi connectivity index (χ3v) is 2.92. The zero-order chi connectivity index (χ0) is 15.0. The number of hydrogen-bond donors (Lipinski definition) is 1. The van der Waals surface area contributed by atoms with Crippen LogP contribution in [0.1, 0.15) is 10.5 Å². The topological polar surface area (TPSA) is 111 Å². The van der Waals surface area contributed by atoms with E-state index in [4.69, 9.17) is 5.11 Å². The average Bonchev–Trinajstić information content (AvgIpc) is 2.90. The van der Waals surface area contributed by atoms with E-state index in [0.717, 1.165) is 4.52 Å². The summed E-state index contributed by atoms with van der Waals surface area (Å²) in [6.45, 7) is 0. The van der Waals surface area contributed by atoms with Crippen molar-refractivity contribution in [3.8, 4) is 11.4 Å². The van der Waals surface area contributed by atoms with Crippen LogP contribution >= 0.6 is 0 Å². The van der Waals surface area contributed by atoms with Crippen LogP contribution in [0.2, 0.25) is 0 Å². The van der Waals surface area contributed by atoms with Gasteiger partial charge < -0.3 is 5.11 Å². The summed E-state index contributed by atoms with van der Waals surface area (Å²) in [5.41, 5.74) is 0.348. The van der Waals surface area contributed by atoms with Crippen LogP contribution in [0.25, 0.3) is 17.0 Å².